The number of nitrogens with zero attached hydrogens (tertiary/aromatic N) is 1. The number of methoxy groups -OCH3 is 1. The molecule has 186 valence electrons. The fourth-order valence-corrected chi connectivity index (χ4v) is 4.20. The zero-order valence-corrected chi connectivity index (χ0v) is 18.8. The van der Waals surface area contributed by atoms with Crippen LogP contribution in [0.15, 0.2) is 42.5 Å². The topological polar surface area (TPSA) is 41.6 Å². The summed E-state index contributed by atoms with van der Waals surface area (Å²) in [6.07, 6.45) is -8.19. The van der Waals surface area contributed by atoms with Crippen LogP contribution in [0.1, 0.15) is 42.0 Å². The van der Waals surface area contributed by atoms with Crippen LogP contribution in [0.25, 0.3) is 0 Å². The SMILES string of the molecule is COc1cccc(C(C)(C(=O)NCCc2cc(C(F)(F)F)cc(C(F)(F)F)c2)N2CCCC2)c1. The molecule has 4 nitrogen and oxygen atoms in total. The molecule has 0 aliphatic carbocycles. The van der Waals surface area contributed by atoms with Gasteiger partial charge in [0.1, 0.15) is 11.3 Å². The average molecular weight is 488 g/mol. The molecule has 1 aliphatic heterocycles. The van der Waals surface area contributed by atoms with E-state index < -0.39 is 29.0 Å². The first kappa shape index (κ1) is 25.9. The number of alkyl halides is 6. The van der Waals surface area contributed by atoms with Crippen molar-refractivity contribution in [3.63, 3.8) is 0 Å². The highest BCUT2D eigenvalue weighted by atomic mass is 19.4. The standard InChI is InChI=1S/C24H26F6N2O2/c1-22(32-10-3-4-11-32,17-6-5-7-20(15-17)34-2)21(33)31-9-8-16-12-18(23(25,26)27)14-19(13-16)24(28,29)30/h5-7,12-15H,3-4,8-11H2,1-2H3,(H,31,33). The number of likely N-dealkylation sites (tertiary alicyclic amines) is 1. The second-order valence-corrected chi connectivity index (χ2v) is 8.42. The molecule has 10 heteroatoms. The summed E-state index contributed by atoms with van der Waals surface area (Å²) < 4.78 is 83.9. The fraction of sp³-hybridized carbons (Fsp3) is 0.458. The van der Waals surface area contributed by atoms with Crippen molar-refractivity contribution in [3.05, 3.63) is 64.7 Å². The van der Waals surface area contributed by atoms with E-state index in [1.165, 1.54) is 7.11 Å². The Kier molecular flexibility index (Phi) is 7.50. The normalized spacial score (nSPS) is 16.8. The summed E-state index contributed by atoms with van der Waals surface area (Å²) in [7, 11) is 1.51. The lowest BCUT2D eigenvalue weighted by molar-refractivity contribution is -0.143. The molecule has 1 saturated heterocycles. The van der Waals surface area contributed by atoms with Crippen LogP contribution < -0.4 is 10.1 Å². The zero-order chi connectivity index (χ0) is 25.1. The molecule has 0 aromatic heterocycles. The lowest BCUT2D eigenvalue weighted by Gasteiger charge is -2.38. The van der Waals surface area contributed by atoms with Gasteiger partial charge in [-0.3, -0.25) is 9.69 Å². The predicted octanol–water partition coefficient (Wildman–Crippen LogP) is 5.40. The smallest absolute Gasteiger partial charge is 0.416 e. The van der Waals surface area contributed by atoms with Gasteiger partial charge < -0.3 is 10.1 Å². The first-order valence-corrected chi connectivity index (χ1v) is 10.8. The van der Waals surface area contributed by atoms with E-state index in [-0.39, 0.29) is 30.5 Å². The van der Waals surface area contributed by atoms with Crippen molar-refractivity contribution in [2.75, 3.05) is 26.7 Å². The van der Waals surface area contributed by atoms with Crippen LogP contribution in [-0.2, 0) is 29.1 Å². The molecule has 1 fully saturated rings. The number of benzene rings is 2. The second-order valence-electron chi connectivity index (χ2n) is 8.42. The highest BCUT2D eigenvalue weighted by Crippen LogP contribution is 2.37. The van der Waals surface area contributed by atoms with Gasteiger partial charge in [-0.25, -0.2) is 0 Å². The summed E-state index contributed by atoms with van der Waals surface area (Å²) in [5.41, 5.74) is -3.30. The van der Waals surface area contributed by atoms with Crippen LogP contribution in [0.2, 0.25) is 0 Å². The summed E-state index contributed by atoms with van der Waals surface area (Å²) in [6, 6.07) is 8.51. The van der Waals surface area contributed by atoms with Gasteiger partial charge in [-0.05, 0) is 80.7 Å². The number of hydrogen-bond donors (Lipinski definition) is 1. The highest BCUT2D eigenvalue weighted by molar-refractivity contribution is 5.87. The van der Waals surface area contributed by atoms with Crippen LogP contribution in [-0.4, -0.2) is 37.6 Å². The van der Waals surface area contributed by atoms with Crippen molar-refractivity contribution < 1.29 is 35.9 Å². The fourth-order valence-electron chi connectivity index (χ4n) is 4.20. The molecule has 1 unspecified atom stereocenters. The number of nitrogens with one attached hydrogen (secondary N) is 1. The molecule has 1 amide bonds. The molecular formula is C24H26F6N2O2. The summed E-state index contributed by atoms with van der Waals surface area (Å²) in [4.78, 5) is 15.4. The molecule has 1 heterocycles. The quantitative estimate of drug-likeness (QED) is 0.531. The Hall–Kier alpha value is -2.75. The third-order valence-electron chi connectivity index (χ3n) is 6.16. The van der Waals surface area contributed by atoms with Gasteiger partial charge >= 0.3 is 12.4 Å². The number of carbonyl (C=O) groups excluding carboxylic acids is 1. The van der Waals surface area contributed by atoms with Crippen molar-refractivity contribution in [1.29, 1.82) is 0 Å². The maximum absolute atomic E-state index is 13.3. The second kappa shape index (κ2) is 9.85. The maximum atomic E-state index is 13.3. The lowest BCUT2D eigenvalue weighted by atomic mass is 9.88. The number of ether oxygens (including phenoxy) is 1. The van der Waals surface area contributed by atoms with E-state index in [1.807, 2.05) is 4.90 Å². The Morgan fingerprint density at radius 3 is 2.06 bits per heavy atom. The Labute approximate surface area is 193 Å². The Balaban J connectivity index is 1.81. The summed E-state index contributed by atoms with van der Waals surface area (Å²) in [5, 5.41) is 2.72. The highest BCUT2D eigenvalue weighted by Gasteiger charge is 2.42. The Morgan fingerprint density at radius 1 is 0.941 bits per heavy atom. The van der Waals surface area contributed by atoms with Crippen molar-refractivity contribution in [2.45, 2.75) is 44.1 Å². The average Bonchev–Trinajstić information content (AvgIpc) is 3.32. The lowest BCUT2D eigenvalue weighted by Crippen LogP contribution is -2.53. The maximum Gasteiger partial charge on any atom is 0.416 e. The molecule has 0 saturated carbocycles. The molecular weight excluding hydrogens is 462 g/mol. The molecule has 1 N–H and O–H groups in total. The molecule has 0 spiro atoms. The molecule has 1 atom stereocenters. The summed E-state index contributed by atoms with van der Waals surface area (Å²) in [5.74, 6) is 0.185. The van der Waals surface area contributed by atoms with E-state index in [2.05, 4.69) is 5.32 Å². The minimum absolute atomic E-state index is 0.0926. The molecule has 0 radical (unpaired) electrons. The van der Waals surface area contributed by atoms with Crippen LogP contribution >= 0.6 is 0 Å². The van der Waals surface area contributed by atoms with Gasteiger partial charge in [-0.2, -0.15) is 26.3 Å². The first-order chi connectivity index (χ1) is 15.9. The Bertz CT molecular complexity index is 983. The van der Waals surface area contributed by atoms with E-state index in [0.29, 0.717) is 36.5 Å². The summed E-state index contributed by atoms with van der Waals surface area (Å²) in [6.45, 7) is 3.01. The summed E-state index contributed by atoms with van der Waals surface area (Å²) >= 11 is 0. The number of halogens is 6. The molecule has 3 rings (SSSR count). The van der Waals surface area contributed by atoms with Crippen molar-refractivity contribution in [1.82, 2.24) is 10.2 Å². The van der Waals surface area contributed by atoms with Crippen LogP contribution in [0, 0.1) is 0 Å². The van der Waals surface area contributed by atoms with E-state index in [0.717, 1.165) is 12.8 Å². The van der Waals surface area contributed by atoms with E-state index in [4.69, 9.17) is 4.74 Å². The molecule has 2 aromatic carbocycles. The van der Waals surface area contributed by atoms with Gasteiger partial charge in [-0.1, -0.05) is 12.1 Å². The number of amides is 1. The van der Waals surface area contributed by atoms with Gasteiger partial charge in [0.25, 0.3) is 0 Å². The number of rotatable bonds is 7. The van der Waals surface area contributed by atoms with E-state index in [9.17, 15) is 31.1 Å². The third kappa shape index (κ3) is 5.65. The molecule has 0 bridgehead atoms. The van der Waals surface area contributed by atoms with Crippen LogP contribution in [0.5, 0.6) is 5.75 Å². The van der Waals surface area contributed by atoms with Crippen LogP contribution in [0.4, 0.5) is 26.3 Å². The molecule has 34 heavy (non-hydrogen) atoms. The van der Waals surface area contributed by atoms with Crippen LogP contribution in [0.3, 0.4) is 0 Å². The third-order valence-corrected chi connectivity index (χ3v) is 6.16. The zero-order valence-electron chi connectivity index (χ0n) is 18.8. The Morgan fingerprint density at radius 2 is 1.53 bits per heavy atom. The van der Waals surface area contributed by atoms with Crippen molar-refractivity contribution >= 4 is 5.91 Å². The minimum atomic E-state index is -4.92. The minimum Gasteiger partial charge on any atom is -0.497 e. The van der Waals surface area contributed by atoms with Gasteiger partial charge in [0.2, 0.25) is 5.91 Å². The number of hydrogen-bond acceptors (Lipinski definition) is 3. The van der Waals surface area contributed by atoms with E-state index >= 15 is 0 Å². The van der Waals surface area contributed by atoms with Gasteiger partial charge in [0, 0.05) is 6.54 Å². The molecule has 2 aromatic rings. The van der Waals surface area contributed by atoms with Crippen molar-refractivity contribution in [3.8, 4) is 5.75 Å². The van der Waals surface area contributed by atoms with E-state index in [1.54, 1.807) is 31.2 Å². The van der Waals surface area contributed by atoms with Gasteiger partial charge in [0.15, 0.2) is 0 Å². The monoisotopic (exact) mass is 488 g/mol. The number of carbonyl (C=O) groups is 1. The predicted molar refractivity (Wildman–Crippen MR) is 114 cm³/mol. The first-order valence-electron chi connectivity index (χ1n) is 10.8. The largest absolute Gasteiger partial charge is 0.497 e. The van der Waals surface area contributed by atoms with Gasteiger partial charge in [-0.15, -0.1) is 0 Å². The molecule has 1 aliphatic rings. The van der Waals surface area contributed by atoms with Crippen molar-refractivity contribution in [2.24, 2.45) is 0 Å². The van der Waals surface area contributed by atoms with Gasteiger partial charge in [0.05, 0.1) is 18.2 Å².